The van der Waals surface area contributed by atoms with Crippen LogP contribution in [0.1, 0.15) is 24.2 Å². The standard InChI is InChI=1S/C14H16N4O2S2/c1-8(21-14-18-17-13(15-3)22-14)12(20)10-4-6-11(7-5-10)16-9(2)19/h4-8H,1-3H3,(H,15,17)(H,16,19)/t8-/m0/s1. The second-order valence-corrected chi connectivity index (χ2v) is 7.07. The van der Waals surface area contributed by atoms with Crippen molar-refractivity contribution in [3.63, 3.8) is 0 Å². The maximum Gasteiger partial charge on any atom is 0.221 e. The van der Waals surface area contributed by atoms with Crippen molar-refractivity contribution in [1.82, 2.24) is 10.2 Å². The second kappa shape index (κ2) is 7.37. The molecule has 0 saturated heterocycles. The number of rotatable bonds is 6. The van der Waals surface area contributed by atoms with E-state index in [-0.39, 0.29) is 16.9 Å². The molecule has 0 aliphatic rings. The van der Waals surface area contributed by atoms with Gasteiger partial charge in [0.2, 0.25) is 11.0 Å². The molecule has 1 aromatic heterocycles. The van der Waals surface area contributed by atoms with Crippen molar-refractivity contribution in [2.75, 3.05) is 17.7 Å². The summed E-state index contributed by atoms with van der Waals surface area (Å²) in [6.45, 7) is 3.29. The topological polar surface area (TPSA) is 84.0 Å². The fraction of sp³-hybridized carbons (Fsp3) is 0.286. The third-order valence-electron chi connectivity index (χ3n) is 2.76. The zero-order chi connectivity index (χ0) is 16.1. The number of nitrogens with one attached hydrogen (secondary N) is 2. The van der Waals surface area contributed by atoms with Crippen molar-refractivity contribution >= 4 is 45.6 Å². The maximum absolute atomic E-state index is 12.4. The van der Waals surface area contributed by atoms with Crippen LogP contribution in [0.5, 0.6) is 0 Å². The van der Waals surface area contributed by atoms with Gasteiger partial charge in [-0.05, 0) is 31.2 Å². The first-order valence-corrected chi connectivity index (χ1v) is 8.29. The van der Waals surface area contributed by atoms with Crippen LogP contribution in [-0.2, 0) is 4.79 Å². The quantitative estimate of drug-likeness (QED) is 0.623. The van der Waals surface area contributed by atoms with Gasteiger partial charge in [-0.2, -0.15) is 0 Å². The van der Waals surface area contributed by atoms with Crippen LogP contribution in [0.2, 0.25) is 0 Å². The number of nitrogens with zero attached hydrogens (tertiary/aromatic N) is 2. The Balaban J connectivity index is 2.01. The highest BCUT2D eigenvalue weighted by atomic mass is 32.2. The number of benzene rings is 1. The lowest BCUT2D eigenvalue weighted by Crippen LogP contribution is -2.13. The Bertz CT molecular complexity index is 670. The van der Waals surface area contributed by atoms with E-state index < -0.39 is 0 Å². The molecule has 1 amide bonds. The van der Waals surface area contributed by atoms with Gasteiger partial charge in [0.1, 0.15) is 0 Å². The third kappa shape index (κ3) is 4.28. The van der Waals surface area contributed by atoms with Crippen LogP contribution < -0.4 is 10.6 Å². The minimum Gasteiger partial charge on any atom is -0.363 e. The minimum atomic E-state index is -0.260. The largest absolute Gasteiger partial charge is 0.363 e. The summed E-state index contributed by atoms with van der Waals surface area (Å²) >= 11 is 2.80. The van der Waals surface area contributed by atoms with E-state index in [0.717, 1.165) is 9.47 Å². The van der Waals surface area contributed by atoms with Crippen LogP contribution >= 0.6 is 23.1 Å². The summed E-state index contributed by atoms with van der Waals surface area (Å²) in [7, 11) is 1.78. The predicted octanol–water partition coefficient (Wildman–Crippen LogP) is 2.90. The molecular formula is C14H16N4O2S2. The lowest BCUT2D eigenvalue weighted by molar-refractivity contribution is -0.114. The van der Waals surface area contributed by atoms with Crippen molar-refractivity contribution in [3.05, 3.63) is 29.8 Å². The molecule has 0 spiro atoms. The molecule has 0 unspecified atom stereocenters. The number of aromatic nitrogens is 2. The Kier molecular flexibility index (Phi) is 5.51. The Morgan fingerprint density at radius 2 is 1.91 bits per heavy atom. The van der Waals surface area contributed by atoms with Crippen LogP contribution in [-0.4, -0.2) is 34.2 Å². The third-order valence-corrected chi connectivity index (χ3v) is 4.88. The van der Waals surface area contributed by atoms with Gasteiger partial charge in [0, 0.05) is 25.2 Å². The average molecular weight is 336 g/mol. The molecule has 1 heterocycles. The fourth-order valence-corrected chi connectivity index (χ4v) is 3.65. The molecule has 0 aliphatic heterocycles. The molecular weight excluding hydrogens is 320 g/mol. The van der Waals surface area contributed by atoms with Gasteiger partial charge in [-0.1, -0.05) is 23.1 Å². The van der Waals surface area contributed by atoms with E-state index in [1.807, 2.05) is 6.92 Å². The Hall–Kier alpha value is -1.93. The molecule has 2 N–H and O–H groups in total. The molecule has 0 fully saturated rings. The van der Waals surface area contributed by atoms with Crippen LogP contribution in [0.15, 0.2) is 28.6 Å². The highest BCUT2D eigenvalue weighted by Crippen LogP contribution is 2.30. The molecule has 0 bridgehead atoms. The van der Waals surface area contributed by atoms with Crippen LogP contribution in [0, 0.1) is 0 Å². The lowest BCUT2D eigenvalue weighted by Gasteiger charge is -2.09. The molecule has 0 aliphatic carbocycles. The van der Waals surface area contributed by atoms with Crippen molar-refractivity contribution in [1.29, 1.82) is 0 Å². The number of amides is 1. The van der Waals surface area contributed by atoms with Gasteiger partial charge in [0.15, 0.2) is 10.1 Å². The molecule has 2 aromatic rings. The van der Waals surface area contributed by atoms with Gasteiger partial charge in [-0.15, -0.1) is 10.2 Å². The molecule has 116 valence electrons. The van der Waals surface area contributed by atoms with E-state index in [9.17, 15) is 9.59 Å². The van der Waals surface area contributed by atoms with Gasteiger partial charge in [0.25, 0.3) is 0 Å². The van der Waals surface area contributed by atoms with E-state index in [1.165, 1.54) is 30.0 Å². The molecule has 1 atom stereocenters. The van der Waals surface area contributed by atoms with E-state index >= 15 is 0 Å². The van der Waals surface area contributed by atoms with Gasteiger partial charge in [-0.3, -0.25) is 9.59 Å². The van der Waals surface area contributed by atoms with Crippen molar-refractivity contribution in [3.8, 4) is 0 Å². The summed E-state index contributed by atoms with van der Waals surface area (Å²) in [6.07, 6.45) is 0. The second-order valence-electron chi connectivity index (χ2n) is 4.51. The monoisotopic (exact) mass is 336 g/mol. The first-order chi connectivity index (χ1) is 10.5. The van der Waals surface area contributed by atoms with E-state index in [2.05, 4.69) is 20.8 Å². The SMILES string of the molecule is CNc1nnc(S[C@@H](C)C(=O)c2ccc(NC(C)=O)cc2)s1. The number of ketones is 1. The molecule has 8 heteroatoms. The van der Waals surface area contributed by atoms with E-state index in [4.69, 9.17) is 0 Å². The smallest absolute Gasteiger partial charge is 0.221 e. The van der Waals surface area contributed by atoms with Gasteiger partial charge >= 0.3 is 0 Å². The Labute approximate surface area is 136 Å². The molecule has 0 radical (unpaired) electrons. The average Bonchev–Trinajstić information content (AvgIpc) is 2.94. The normalized spacial score (nSPS) is 11.8. The van der Waals surface area contributed by atoms with Crippen molar-refractivity contribution in [2.24, 2.45) is 0 Å². The van der Waals surface area contributed by atoms with Gasteiger partial charge in [0.05, 0.1) is 5.25 Å². The summed E-state index contributed by atoms with van der Waals surface area (Å²) in [5.41, 5.74) is 1.28. The van der Waals surface area contributed by atoms with E-state index in [0.29, 0.717) is 11.3 Å². The molecule has 22 heavy (non-hydrogen) atoms. The lowest BCUT2D eigenvalue weighted by atomic mass is 10.1. The first-order valence-electron chi connectivity index (χ1n) is 6.59. The van der Waals surface area contributed by atoms with Gasteiger partial charge in [-0.25, -0.2) is 0 Å². The number of carbonyl (C=O) groups is 2. The Morgan fingerprint density at radius 1 is 1.23 bits per heavy atom. The molecule has 6 nitrogen and oxygen atoms in total. The number of thioether (sulfide) groups is 1. The van der Waals surface area contributed by atoms with Crippen LogP contribution in [0.4, 0.5) is 10.8 Å². The zero-order valence-electron chi connectivity index (χ0n) is 12.4. The number of anilines is 2. The molecule has 1 aromatic carbocycles. The number of Topliss-reactive ketones (excluding diaryl/α,β-unsaturated/α-hetero) is 1. The van der Waals surface area contributed by atoms with Crippen molar-refractivity contribution in [2.45, 2.75) is 23.4 Å². The summed E-state index contributed by atoms with van der Waals surface area (Å²) < 4.78 is 0.750. The van der Waals surface area contributed by atoms with Gasteiger partial charge < -0.3 is 10.6 Å². The minimum absolute atomic E-state index is 0.0144. The fourth-order valence-electron chi connectivity index (χ4n) is 1.72. The molecule has 2 rings (SSSR count). The summed E-state index contributed by atoms with van der Waals surface area (Å²) in [5.74, 6) is -0.125. The number of hydrogen-bond donors (Lipinski definition) is 2. The summed E-state index contributed by atoms with van der Waals surface area (Å²) in [5, 5.41) is 14.0. The number of carbonyl (C=O) groups excluding carboxylic acids is 2. The van der Waals surface area contributed by atoms with Crippen LogP contribution in [0.25, 0.3) is 0 Å². The predicted molar refractivity (Wildman–Crippen MR) is 89.9 cm³/mol. The van der Waals surface area contributed by atoms with Crippen LogP contribution in [0.3, 0.4) is 0 Å². The highest BCUT2D eigenvalue weighted by molar-refractivity contribution is 8.02. The molecule has 0 saturated carbocycles. The summed E-state index contributed by atoms with van der Waals surface area (Å²) in [6, 6.07) is 6.86. The maximum atomic E-state index is 12.4. The summed E-state index contributed by atoms with van der Waals surface area (Å²) in [4.78, 5) is 23.4. The highest BCUT2D eigenvalue weighted by Gasteiger charge is 2.18. The van der Waals surface area contributed by atoms with E-state index in [1.54, 1.807) is 31.3 Å². The Morgan fingerprint density at radius 3 is 2.45 bits per heavy atom. The zero-order valence-corrected chi connectivity index (χ0v) is 14.0. The number of hydrogen-bond acceptors (Lipinski definition) is 7. The van der Waals surface area contributed by atoms with Crippen molar-refractivity contribution < 1.29 is 9.59 Å². The first kappa shape index (κ1) is 16.4.